The molecule has 2 rings (SSSR count). The highest BCUT2D eigenvalue weighted by atomic mass is 16.5. The number of rotatable bonds is 4. The minimum absolute atomic E-state index is 0.324. The second-order valence-corrected chi connectivity index (χ2v) is 4.88. The van der Waals surface area contributed by atoms with E-state index in [1.165, 1.54) is 6.42 Å². The first-order chi connectivity index (χ1) is 7.81. The number of hydrogen-bond acceptors (Lipinski definition) is 4. The summed E-state index contributed by atoms with van der Waals surface area (Å²) in [6, 6.07) is 0.454. The van der Waals surface area contributed by atoms with Crippen LogP contribution in [-0.2, 0) is 9.47 Å². The predicted molar refractivity (Wildman–Crippen MR) is 63.6 cm³/mol. The maximum absolute atomic E-state index is 5.92. The average molecular weight is 228 g/mol. The Balaban J connectivity index is 1.93. The molecular formula is C12H24N2O2. The molecule has 0 aliphatic carbocycles. The predicted octanol–water partition coefficient (Wildman–Crippen LogP) is 0.332. The van der Waals surface area contributed by atoms with E-state index in [0.29, 0.717) is 18.1 Å². The maximum Gasteiger partial charge on any atom is 0.0858 e. The van der Waals surface area contributed by atoms with Crippen LogP contribution in [0.2, 0.25) is 0 Å². The zero-order valence-electron chi connectivity index (χ0n) is 10.4. The SMILES string of the molecule is CCNC(C1CCOC1)C1CN(C)CCO1. The van der Waals surface area contributed by atoms with Gasteiger partial charge in [0.1, 0.15) is 0 Å². The quantitative estimate of drug-likeness (QED) is 0.752. The summed E-state index contributed by atoms with van der Waals surface area (Å²) in [5, 5.41) is 3.58. The lowest BCUT2D eigenvalue weighted by Crippen LogP contribution is -2.54. The van der Waals surface area contributed by atoms with Crippen LogP contribution in [-0.4, -0.2) is 63.5 Å². The van der Waals surface area contributed by atoms with E-state index in [1.54, 1.807) is 0 Å². The highest BCUT2D eigenvalue weighted by molar-refractivity contribution is 4.88. The second kappa shape index (κ2) is 5.96. The number of morpholine rings is 1. The summed E-state index contributed by atoms with van der Waals surface area (Å²) in [5.41, 5.74) is 0. The third kappa shape index (κ3) is 2.94. The third-order valence-corrected chi connectivity index (χ3v) is 3.61. The Morgan fingerprint density at radius 2 is 2.31 bits per heavy atom. The van der Waals surface area contributed by atoms with E-state index >= 15 is 0 Å². The molecule has 2 aliphatic heterocycles. The Hall–Kier alpha value is -0.160. The van der Waals surface area contributed by atoms with Crippen molar-refractivity contribution < 1.29 is 9.47 Å². The van der Waals surface area contributed by atoms with Gasteiger partial charge in [0, 0.05) is 31.7 Å². The molecule has 3 atom stereocenters. The van der Waals surface area contributed by atoms with Gasteiger partial charge < -0.3 is 19.7 Å². The van der Waals surface area contributed by atoms with Gasteiger partial charge in [-0.2, -0.15) is 0 Å². The van der Waals surface area contributed by atoms with E-state index in [9.17, 15) is 0 Å². The molecule has 4 heteroatoms. The summed E-state index contributed by atoms with van der Waals surface area (Å²) >= 11 is 0. The van der Waals surface area contributed by atoms with Gasteiger partial charge in [0.15, 0.2) is 0 Å². The van der Waals surface area contributed by atoms with Gasteiger partial charge in [0.25, 0.3) is 0 Å². The monoisotopic (exact) mass is 228 g/mol. The van der Waals surface area contributed by atoms with Crippen molar-refractivity contribution in [2.75, 3.05) is 46.5 Å². The Morgan fingerprint density at radius 3 is 2.94 bits per heavy atom. The van der Waals surface area contributed by atoms with Gasteiger partial charge in [-0.15, -0.1) is 0 Å². The number of ether oxygens (including phenoxy) is 2. The molecule has 2 aliphatic rings. The number of nitrogens with zero attached hydrogens (tertiary/aromatic N) is 1. The molecule has 4 nitrogen and oxygen atoms in total. The van der Waals surface area contributed by atoms with Crippen molar-refractivity contribution in [2.45, 2.75) is 25.5 Å². The van der Waals surface area contributed by atoms with Crippen LogP contribution in [0.5, 0.6) is 0 Å². The lowest BCUT2D eigenvalue weighted by atomic mass is 9.93. The van der Waals surface area contributed by atoms with Crippen molar-refractivity contribution in [3.63, 3.8) is 0 Å². The average Bonchev–Trinajstić information content (AvgIpc) is 2.79. The van der Waals surface area contributed by atoms with E-state index in [-0.39, 0.29) is 0 Å². The van der Waals surface area contributed by atoms with Crippen LogP contribution in [0.3, 0.4) is 0 Å². The van der Waals surface area contributed by atoms with Crippen LogP contribution < -0.4 is 5.32 Å². The van der Waals surface area contributed by atoms with E-state index in [1.807, 2.05) is 0 Å². The standard InChI is InChI=1S/C12H24N2O2/c1-3-13-12(10-4-6-15-9-10)11-8-14(2)5-7-16-11/h10-13H,3-9H2,1-2H3. The van der Waals surface area contributed by atoms with Crippen molar-refractivity contribution in [1.29, 1.82) is 0 Å². The number of hydrogen-bond donors (Lipinski definition) is 1. The van der Waals surface area contributed by atoms with E-state index in [2.05, 4.69) is 24.2 Å². The lowest BCUT2D eigenvalue weighted by molar-refractivity contribution is -0.0495. The molecule has 0 aromatic heterocycles. The van der Waals surface area contributed by atoms with Crippen molar-refractivity contribution in [1.82, 2.24) is 10.2 Å². The van der Waals surface area contributed by atoms with Crippen LogP contribution in [0.4, 0.5) is 0 Å². The van der Waals surface area contributed by atoms with Gasteiger partial charge in [-0.3, -0.25) is 0 Å². The highest BCUT2D eigenvalue weighted by Crippen LogP contribution is 2.22. The fourth-order valence-corrected chi connectivity index (χ4v) is 2.70. The van der Waals surface area contributed by atoms with Gasteiger partial charge in [-0.05, 0) is 20.0 Å². The Bertz CT molecular complexity index is 207. The molecule has 94 valence electrons. The molecule has 0 saturated carbocycles. The summed E-state index contributed by atoms with van der Waals surface area (Å²) in [4.78, 5) is 2.36. The van der Waals surface area contributed by atoms with Crippen LogP contribution in [0.15, 0.2) is 0 Å². The fourth-order valence-electron chi connectivity index (χ4n) is 2.70. The summed E-state index contributed by atoms with van der Waals surface area (Å²) < 4.78 is 11.4. The molecule has 0 aromatic carbocycles. The highest BCUT2D eigenvalue weighted by Gasteiger charge is 2.34. The summed E-state index contributed by atoms with van der Waals surface area (Å²) in [6.07, 6.45) is 1.49. The number of likely N-dealkylation sites (N-methyl/N-ethyl adjacent to an activating group) is 2. The van der Waals surface area contributed by atoms with E-state index < -0.39 is 0 Å². The largest absolute Gasteiger partial charge is 0.381 e. The Labute approximate surface area is 98.3 Å². The van der Waals surface area contributed by atoms with Crippen molar-refractivity contribution in [3.8, 4) is 0 Å². The molecule has 0 aromatic rings. The molecular weight excluding hydrogens is 204 g/mol. The summed E-state index contributed by atoms with van der Waals surface area (Å²) in [7, 11) is 2.17. The Morgan fingerprint density at radius 1 is 1.44 bits per heavy atom. The second-order valence-electron chi connectivity index (χ2n) is 4.88. The molecule has 0 radical (unpaired) electrons. The summed E-state index contributed by atoms with van der Waals surface area (Å²) in [5.74, 6) is 0.622. The van der Waals surface area contributed by atoms with Gasteiger partial charge in [-0.25, -0.2) is 0 Å². The van der Waals surface area contributed by atoms with Crippen LogP contribution in [0.1, 0.15) is 13.3 Å². The van der Waals surface area contributed by atoms with Crippen molar-refractivity contribution >= 4 is 0 Å². The first kappa shape index (κ1) is 12.3. The van der Waals surface area contributed by atoms with E-state index in [4.69, 9.17) is 9.47 Å². The molecule has 16 heavy (non-hydrogen) atoms. The fraction of sp³-hybridized carbons (Fsp3) is 1.00. The molecule has 0 amide bonds. The van der Waals surface area contributed by atoms with Gasteiger partial charge in [0.2, 0.25) is 0 Å². The summed E-state index contributed by atoms with van der Waals surface area (Å²) in [6.45, 7) is 7.91. The van der Waals surface area contributed by atoms with Crippen LogP contribution >= 0.6 is 0 Å². The molecule has 2 saturated heterocycles. The van der Waals surface area contributed by atoms with Gasteiger partial charge in [0.05, 0.1) is 19.3 Å². The zero-order chi connectivity index (χ0) is 11.4. The third-order valence-electron chi connectivity index (χ3n) is 3.61. The smallest absolute Gasteiger partial charge is 0.0858 e. The van der Waals surface area contributed by atoms with Crippen LogP contribution in [0.25, 0.3) is 0 Å². The first-order valence-electron chi connectivity index (χ1n) is 6.42. The Kier molecular flexibility index (Phi) is 4.58. The molecule has 2 heterocycles. The van der Waals surface area contributed by atoms with Gasteiger partial charge >= 0.3 is 0 Å². The molecule has 2 fully saturated rings. The minimum Gasteiger partial charge on any atom is -0.381 e. The topological polar surface area (TPSA) is 33.7 Å². The first-order valence-corrected chi connectivity index (χ1v) is 6.42. The normalized spacial score (nSPS) is 34.1. The molecule has 1 N–H and O–H groups in total. The molecule has 0 spiro atoms. The van der Waals surface area contributed by atoms with Gasteiger partial charge in [-0.1, -0.05) is 6.92 Å². The van der Waals surface area contributed by atoms with E-state index in [0.717, 1.165) is 39.5 Å². The molecule has 3 unspecified atom stereocenters. The maximum atomic E-state index is 5.92. The number of nitrogens with one attached hydrogen (secondary N) is 1. The van der Waals surface area contributed by atoms with Crippen molar-refractivity contribution in [2.24, 2.45) is 5.92 Å². The zero-order valence-corrected chi connectivity index (χ0v) is 10.4. The minimum atomic E-state index is 0.324. The van der Waals surface area contributed by atoms with Crippen molar-refractivity contribution in [3.05, 3.63) is 0 Å². The van der Waals surface area contributed by atoms with Crippen LogP contribution in [0, 0.1) is 5.92 Å². The lowest BCUT2D eigenvalue weighted by Gasteiger charge is -2.37. The molecule has 0 bridgehead atoms.